The van der Waals surface area contributed by atoms with E-state index < -0.39 is 27.2 Å². The minimum Gasteiger partial charge on any atom is -0.479 e. The van der Waals surface area contributed by atoms with Crippen LogP contribution in [0.4, 0.5) is 0 Å². The van der Waals surface area contributed by atoms with Crippen LogP contribution in [0.1, 0.15) is 5.56 Å². The van der Waals surface area contributed by atoms with Gasteiger partial charge in [-0.25, -0.2) is 25.0 Å². The van der Waals surface area contributed by atoms with Gasteiger partial charge in [-0.15, -0.1) is 0 Å². The number of nitrogens with zero attached hydrogens (tertiary/aromatic N) is 3. The monoisotopic (exact) mass is 255 g/mol. The van der Waals surface area contributed by atoms with Gasteiger partial charge in [-0.3, -0.25) is 0 Å². The van der Waals surface area contributed by atoms with Crippen LogP contribution in [0.25, 0.3) is 0 Å². The molecule has 0 bridgehead atoms. The Labute approximate surface area is 100 Å². The summed E-state index contributed by atoms with van der Waals surface area (Å²) in [6, 6.07) is 6.10. The summed E-state index contributed by atoms with van der Waals surface area (Å²) >= 11 is 0. The summed E-state index contributed by atoms with van der Waals surface area (Å²) in [5, 5.41) is 26.7. The van der Waals surface area contributed by atoms with Gasteiger partial charge in [0.15, 0.2) is 5.12 Å². The summed E-state index contributed by atoms with van der Waals surface area (Å²) in [6.45, 7) is 0. The summed E-state index contributed by atoms with van der Waals surface area (Å²) in [6.07, 6.45) is -0.335. The van der Waals surface area contributed by atoms with E-state index in [0.29, 0.717) is 5.56 Å². The Morgan fingerprint density at radius 3 is 2.11 bits per heavy atom. The second-order valence-electron chi connectivity index (χ2n) is 3.34. The lowest BCUT2D eigenvalue weighted by Crippen LogP contribution is -2.49. The Morgan fingerprint density at radius 1 is 1.22 bits per heavy atom. The van der Waals surface area contributed by atoms with Crippen molar-refractivity contribution < 1.29 is 20.0 Å². The van der Waals surface area contributed by atoms with Crippen LogP contribution in [0.15, 0.2) is 30.3 Å². The molecule has 1 rings (SSSR count). The number of hydrazine groups is 2. The number of carboxylic acids is 1. The SMILES string of the molecule is O=C(O)C(Cc1ccccc1)N([N+](=O)[O-])[N+](=O)[O-]. The number of carboxylic acid groups (broad SMARTS) is 1. The van der Waals surface area contributed by atoms with Crippen LogP contribution in [0.2, 0.25) is 0 Å². The fraction of sp³-hybridized carbons (Fsp3) is 0.222. The standard InChI is InChI=1S/C9H9N3O6/c13-9(14)8(10(11(15)16)12(17)18)6-7-4-2-1-3-5-7/h1-5,8H,6H2,(H,13,14). The Morgan fingerprint density at radius 2 is 1.72 bits per heavy atom. The molecule has 0 aliphatic heterocycles. The highest BCUT2D eigenvalue weighted by atomic mass is 16.8. The van der Waals surface area contributed by atoms with Crippen molar-refractivity contribution in [1.82, 2.24) is 5.12 Å². The molecule has 9 heteroatoms. The first-order chi connectivity index (χ1) is 8.43. The molecule has 1 aromatic carbocycles. The lowest BCUT2D eigenvalue weighted by Gasteiger charge is -2.12. The van der Waals surface area contributed by atoms with Gasteiger partial charge in [0.2, 0.25) is 10.1 Å². The van der Waals surface area contributed by atoms with Crippen LogP contribution in [0, 0.1) is 20.2 Å². The number of rotatable bonds is 6. The predicted octanol–water partition coefficient (Wildman–Crippen LogP) is 0.368. The zero-order valence-corrected chi connectivity index (χ0v) is 9.00. The quantitative estimate of drug-likeness (QED) is 0.574. The zero-order valence-electron chi connectivity index (χ0n) is 9.00. The Kier molecular flexibility index (Phi) is 4.13. The normalized spacial score (nSPS) is 11.6. The average Bonchev–Trinajstić information content (AvgIpc) is 2.28. The van der Waals surface area contributed by atoms with Gasteiger partial charge in [-0.1, -0.05) is 30.3 Å². The van der Waals surface area contributed by atoms with E-state index in [9.17, 15) is 25.0 Å². The van der Waals surface area contributed by atoms with Gasteiger partial charge < -0.3 is 5.11 Å². The van der Waals surface area contributed by atoms with Gasteiger partial charge in [0, 0.05) is 6.42 Å². The predicted molar refractivity (Wildman–Crippen MR) is 57.4 cm³/mol. The summed E-state index contributed by atoms with van der Waals surface area (Å²) in [7, 11) is 0. The maximum Gasteiger partial charge on any atom is 0.339 e. The smallest absolute Gasteiger partial charge is 0.339 e. The lowest BCUT2D eigenvalue weighted by atomic mass is 10.1. The summed E-state index contributed by atoms with van der Waals surface area (Å²) < 4.78 is 0. The molecule has 9 nitrogen and oxygen atoms in total. The van der Waals surface area contributed by atoms with Gasteiger partial charge >= 0.3 is 5.97 Å². The Balaban J connectivity index is 2.99. The molecule has 0 aromatic heterocycles. The van der Waals surface area contributed by atoms with Crippen LogP contribution in [0.3, 0.4) is 0 Å². The topological polar surface area (TPSA) is 127 Å². The molecule has 0 spiro atoms. The highest BCUT2D eigenvalue weighted by molar-refractivity contribution is 5.73. The molecule has 0 fully saturated rings. The molecule has 0 radical (unpaired) electrons. The number of aliphatic carboxylic acids is 1. The van der Waals surface area contributed by atoms with Gasteiger partial charge in [0.05, 0.1) is 0 Å². The molecule has 1 unspecified atom stereocenters. The Hall–Kier alpha value is -2.71. The molecule has 0 heterocycles. The maximum atomic E-state index is 10.9. The van der Waals surface area contributed by atoms with Gasteiger partial charge in [0.1, 0.15) is 0 Å². The van der Waals surface area contributed by atoms with Crippen molar-refractivity contribution in [2.24, 2.45) is 0 Å². The number of nitro groups is 2. The fourth-order valence-corrected chi connectivity index (χ4v) is 1.39. The van der Waals surface area contributed by atoms with Crippen molar-refractivity contribution >= 4 is 5.97 Å². The van der Waals surface area contributed by atoms with Crippen molar-refractivity contribution in [3.63, 3.8) is 0 Å². The lowest BCUT2D eigenvalue weighted by molar-refractivity contribution is -0.912. The van der Waals surface area contributed by atoms with Crippen LogP contribution in [-0.4, -0.2) is 32.3 Å². The first kappa shape index (κ1) is 13.4. The molecule has 0 aliphatic carbocycles. The van der Waals surface area contributed by atoms with Crippen molar-refractivity contribution in [2.75, 3.05) is 0 Å². The first-order valence-electron chi connectivity index (χ1n) is 4.78. The third kappa shape index (κ3) is 3.14. The van der Waals surface area contributed by atoms with E-state index in [1.807, 2.05) is 0 Å². The largest absolute Gasteiger partial charge is 0.479 e. The van der Waals surface area contributed by atoms with E-state index in [2.05, 4.69) is 0 Å². The second-order valence-corrected chi connectivity index (χ2v) is 3.34. The van der Waals surface area contributed by atoms with Gasteiger partial charge in [-0.2, -0.15) is 0 Å². The van der Waals surface area contributed by atoms with Crippen LogP contribution < -0.4 is 0 Å². The molecule has 0 aliphatic rings. The molecular weight excluding hydrogens is 246 g/mol. The molecule has 18 heavy (non-hydrogen) atoms. The summed E-state index contributed by atoms with van der Waals surface area (Å²) in [5.41, 5.74) is 0.457. The Bertz CT molecular complexity index is 449. The summed E-state index contributed by atoms with van der Waals surface area (Å²) in [4.78, 5) is 31.9. The molecule has 0 saturated carbocycles. The highest BCUT2D eigenvalue weighted by Crippen LogP contribution is 2.10. The van der Waals surface area contributed by atoms with Crippen LogP contribution in [-0.2, 0) is 11.2 Å². The van der Waals surface area contributed by atoms with E-state index in [1.165, 1.54) is 12.1 Å². The number of hydrogen-bond acceptors (Lipinski definition) is 5. The summed E-state index contributed by atoms with van der Waals surface area (Å²) in [5.74, 6) is -1.63. The molecule has 1 atom stereocenters. The molecular formula is C9H9N3O6. The van der Waals surface area contributed by atoms with E-state index in [-0.39, 0.29) is 6.42 Å². The third-order valence-corrected chi connectivity index (χ3v) is 2.17. The van der Waals surface area contributed by atoms with Gasteiger partial charge in [-0.05, 0) is 5.56 Å². The van der Waals surface area contributed by atoms with Crippen LogP contribution in [0.5, 0.6) is 0 Å². The minimum absolute atomic E-state index is 0.335. The fourth-order valence-electron chi connectivity index (χ4n) is 1.39. The zero-order chi connectivity index (χ0) is 13.7. The maximum absolute atomic E-state index is 10.9. The highest BCUT2D eigenvalue weighted by Gasteiger charge is 2.43. The van der Waals surface area contributed by atoms with Crippen molar-refractivity contribution in [3.8, 4) is 0 Å². The van der Waals surface area contributed by atoms with E-state index in [4.69, 9.17) is 5.11 Å². The van der Waals surface area contributed by atoms with Crippen molar-refractivity contribution in [3.05, 3.63) is 56.1 Å². The van der Waals surface area contributed by atoms with Crippen LogP contribution >= 0.6 is 0 Å². The van der Waals surface area contributed by atoms with E-state index in [1.54, 1.807) is 18.2 Å². The molecule has 1 N–H and O–H groups in total. The van der Waals surface area contributed by atoms with Crippen molar-refractivity contribution in [1.29, 1.82) is 0 Å². The minimum atomic E-state index is -1.86. The van der Waals surface area contributed by atoms with Crippen molar-refractivity contribution in [2.45, 2.75) is 12.5 Å². The third-order valence-electron chi connectivity index (χ3n) is 2.17. The van der Waals surface area contributed by atoms with E-state index in [0.717, 1.165) is 0 Å². The molecule has 0 amide bonds. The molecule has 96 valence electrons. The second kappa shape index (κ2) is 5.57. The first-order valence-corrected chi connectivity index (χ1v) is 4.78. The number of hydrogen-bond donors (Lipinski definition) is 1. The number of carbonyl (C=O) groups is 1. The molecule has 1 aromatic rings. The average molecular weight is 255 g/mol. The van der Waals surface area contributed by atoms with E-state index >= 15 is 0 Å². The number of benzene rings is 1. The van der Waals surface area contributed by atoms with Gasteiger partial charge in [0.25, 0.3) is 6.04 Å². The molecule has 0 saturated heterocycles.